The summed E-state index contributed by atoms with van der Waals surface area (Å²) in [6.07, 6.45) is -0.252. The molecule has 1 aromatic rings. The monoisotopic (exact) mass is 238 g/mol. The molecule has 0 amide bonds. The molecule has 1 atom stereocenters. The first-order chi connectivity index (χ1) is 8.08. The Morgan fingerprint density at radius 1 is 1.18 bits per heavy atom. The molecule has 17 heavy (non-hydrogen) atoms. The maximum Gasteiger partial charge on any atom is 0.176 e. The van der Waals surface area contributed by atoms with E-state index in [2.05, 4.69) is 22.3 Å². The number of anilines is 2. The van der Waals surface area contributed by atoms with Gasteiger partial charge in [0.25, 0.3) is 0 Å². The Hall–Kier alpha value is -1.26. The number of nitrogens with one attached hydrogen (secondary N) is 1. The fraction of sp³-hybridized carbons (Fsp3) is 0.538. The van der Waals surface area contributed by atoms with Gasteiger partial charge in [-0.1, -0.05) is 6.07 Å². The van der Waals surface area contributed by atoms with Gasteiger partial charge in [-0.3, -0.25) is 0 Å². The summed E-state index contributed by atoms with van der Waals surface area (Å²) in [6.45, 7) is 2.03. The van der Waals surface area contributed by atoms with Crippen molar-refractivity contribution in [2.45, 2.75) is 19.3 Å². The fourth-order valence-electron chi connectivity index (χ4n) is 1.71. The third-order valence-corrected chi connectivity index (χ3v) is 2.63. The molecule has 0 aliphatic heterocycles. The molecule has 4 nitrogen and oxygen atoms in total. The maximum atomic E-state index is 5.22. The van der Waals surface area contributed by atoms with E-state index in [1.54, 1.807) is 14.2 Å². The molecule has 0 aromatic heterocycles. The summed E-state index contributed by atoms with van der Waals surface area (Å²) in [4.78, 5) is 2.07. The molecule has 1 N–H and O–H groups in total. The number of rotatable bonds is 6. The second-order valence-electron chi connectivity index (χ2n) is 4.22. The number of ether oxygens (including phenoxy) is 2. The Morgan fingerprint density at radius 3 is 2.35 bits per heavy atom. The van der Waals surface area contributed by atoms with Crippen LogP contribution in [0.25, 0.3) is 0 Å². The zero-order chi connectivity index (χ0) is 12.8. The van der Waals surface area contributed by atoms with E-state index < -0.39 is 0 Å². The second kappa shape index (κ2) is 6.47. The summed E-state index contributed by atoms with van der Waals surface area (Å²) >= 11 is 0. The lowest BCUT2D eigenvalue weighted by atomic mass is 10.2. The Kier molecular flexibility index (Phi) is 5.25. The maximum absolute atomic E-state index is 5.22. The van der Waals surface area contributed by atoms with E-state index in [0.717, 1.165) is 11.4 Å². The van der Waals surface area contributed by atoms with Crippen LogP contribution in [0, 0.1) is 0 Å². The van der Waals surface area contributed by atoms with Gasteiger partial charge >= 0.3 is 0 Å². The quantitative estimate of drug-likeness (QED) is 0.770. The average Bonchev–Trinajstić information content (AvgIpc) is 2.30. The van der Waals surface area contributed by atoms with Gasteiger partial charge in [-0.2, -0.15) is 0 Å². The van der Waals surface area contributed by atoms with Crippen LogP contribution in [0.3, 0.4) is 0 Å². The van der Waals surface area contributed by atoms with E-state index in [1.807, 2.05) is 33.2 Å². The first-order valence-corrected chi connectivity index (χ1v) is 5.68. The lowest BCUT2D eigenvalue weighted by Crippen LogP contribution is -2.33. The van der Waals surface area contributed by atoms with Crippen molar-refractivity contribution in [2.75, 3.05) is 38.5 Å². The van der Waals surface area contributed by atoms with Crippen molar-refractivity contribution in [3.63, 3.8) is 0 Å². The third kappa shape index (κ3) is 3.91. The lowest BCUT2D eigenvalue weighted by molar-refractivity contribution is -0.109. The van der Waals surface area contributed by atoms with Crippen molar-refractivity contribution in [2.24, 2.45) is 0 Å². The molecule has 1 unspecified atom stereocenters. The normalized spacial score (nSPS) is 12.6. The zero-order valence-corrected chi connectivity index (χ0v) is 11.2. The SMILES string of the molecule is COC(OC)C(C)Nc1cccc(N(C)C)c1. The first-order valence-electron chi connectivity index (χ1n) is 5.68. The van der Waals surface area contributed by atoms with Gasteiger partial charge in [0.05, 0.1) is 6.04 Å². The molecule has 0 aliphatic carbocycles. The van der Waals surface area contributed by atoms with Crippen LogP contribution >= 0.6 is 0 Å². The molecule has 0 saturated carbocycles. The topological polar surface area (TPSA) is 33.7 Å². The molecule has 96 valence electrons. The molecular weight excluding hydrogens is 216 g/mol. The van der Waals surface area contributed by atoms with Crippen LogP contribution in [-0.4, -0.2) is 40.6 Å². The van der Waals surface area contributed by atoms with E-state index in [9.17, 15) is 0 Å². The van der Waals surface area contributed by atoms with Crippen molar-refractivity contribution in [1.29, 1.82) is 0 Å². The van der Waals surface area contributed by atoms with Gasteiger partial charge in [0, 0.05) is 39.7 Å². The molecule has 4 heteroatoms. The third-order valence-electron chi connectivity index (χ3n) is 2.63. The molecule has 0 aliphatic rings. The van der Waals surface area contributed by atoms with Crippen molar-refractivity contribution in [1.82, 2.24) is 0 Å². The summed E-state index contributed by atoms with van der Waals surface area (Å²) < 4.78 is 10.4. The van der Waals surface area contributed by atoms with Gasteiger partial charge in [0.1, 0.15) is 0 Å². The minimum absolute atomic E-state index is 0.0856. The van der Waals surface area contributed by atoms with Crippen molar-refractivity contribution < 1.29 is 9.47 Å². The Labute approximate surface area is 104 Å². The minimum Gasteiger partial charge on any atom is -0.378 e. The molecule has 1 rings (SSSR count). The average molecular weight is 238 g/mol. The smallest absolute Gasteiger partial charge is 0.176 e. The van der Waals surface area contributed by atoms with Crippen molar-refractivity contribution >= 4 is 11.4 Å². The van der Waals surface area contributed by atoms with Gasteiger partial charge in [-0.25, -0.2) is 0 Å². The van der Waals surface area contributed by atoms with Crippen LogP contribution in [-0.2, 0) is 9.47 Å². The number of hydrogen-bond acceptors (Lipinski definition) is 4. The lowest BCUT2D eigenvalue weighted by Gasteiger charge is -2.23. The summed E-state index contributed by atoms with van der Waals surface area (Å²) in [5.74, 6) is 0. The highest BCUT2D eigenvalue weighted by atomic mass is 16.7. The molecule has 0 saturated heterocycles. The number of benzene rings is 1. The minimum atomic E-state index is -0.252. The van der Waals surface area contributed by atoms with Gasteiger partial charge in [0.15, 0.2) is 6.29 Å². The highest BCUT2D eigenvalue weighted by molar-refractivity contribution is 5.57. The van der Waals surface area contributed by atoms with Gasteiger partial charge in [-0.05, 0) is 25.1 Å². The standard InChI is InChI=1S/C13H22N2O2/c1-10(13(16-4)17-5)14-11-7-6-8-12(9-11)15(2)3/h6-10,13-14H,1-5H3. The van der Waals surface area contributed by atoms with E-state index >= 15 is 0 Å². The summed E-state index contributed by atoms with van der Waals surface area (Å²) in [5.41, 5.74) is 2.22. The molecule has 1 aromatic carbocycles. The summed E-state index contributed by atoms with van der Waals surface area (Å²) in [7, 11) is 7.33. The van der Waals surface area contributed by atoms with Crippen molar-refractivity contribution in [3.8, 4) is 0 Å². The van der Waals surface area contributed by atoms with Crippen LogP contribution < -0.4 is 10.2 Å². The van der Waals surface area contributed by atoms with E-state index in [1.165, 1.54) is 0 Å². The Bertz CT molecular complexity index is 338. The van der Waals surface area contributed by atoms with Gasteiger partial charge < -0.3 is 19.7 Å². The van der Waals surface area contributed by atoms with E-state index in [0.29, 0.717) is 0 Å². The number of methoxy groups -OCH3 is 2. The van der Waals surface area contributed by atoms with Crippen LogP contribution in [0.15, 0.2) is 24.3 Å². The van der Waals surface area contributed by atoms with Gasteiger partial charge in [-0.15, -0.1) is 0 Å². The molecule has 0 bridgehead atoms. The number of nitrogens with zero attached hydrogens (tertiary/aromatic N) is 1. The first kappa shape index (κ1) is 13.8. The van der Waals surface area contributed by atoms with E-state index in [-0.39, 0.29) is 12.3 Å². The molecular formula is C13H22N2O2. The number of hydrogen-bond donors (Lipinski definition) is 1. The van der Waals surface area contributed by atoms with Crippen LogP contribution in [0.5, 0.6) is 0 Å². The predicted octanol–water partition coefficient (Wildman–Crippen LogP) is 2.17. The summed E-state index contributed by atoms with van der Waals surface area (Å²) in [5, 5.41) is 3.36. The molecule has 0 spiro atoms. The predicted molar refractivity (Wildman–Crippen MR) is 71.7 cm³/mol. The Balaban J connectivity index is 2.70. The largest absolute Gasteiger partial charge is 0.378 e. The van der Waals surface area contributed by atoms with Crippen LogP contribution in [0.1, 0.15) is 6.92 Å². The Morgan fingerprint density at radius 2 is 1.82 bits per heavy atom. The molecule has 0 fully saturated rings. The van der Waals surface area contributed by atoms with Crippen molar-refractivity contribution in [3.05, 3.63) is 24.3 Å². The second-order valence-corrected chi connectivity index (χ2v) is 4.22. The molecule has 0 heterocycles. The highest BCUT2D eigenvalue weighted by Gasteiger charge is 2.15. The highest BCUT2D eigenvalue weighted by Crippen LogP contribution is 2.18. The molecule has 0 radical (unpaired) electrons. The van der Waals surface area contributed by atoms with E-state index in [4.69, 9.17) is 9.47 Å². The fourth-order valence-corrected chi connectivity index (χ4v) is 1.71. The van der Waals surface area contributed by atoms with Crippen LogP contribution in [0.2, 0.25) is 0 Å². The zero-order valence-electron chi connectivity index (χ0n) is 11.2. The summed E-state index contributed by atoms with van der Waals surface area (Å²) in [6, 6.07) is 8.31. The van der Waals surface area contributed by atoms with Gasteiger partial charge in [0.2, 0.25) is 0 Å². The van der Waals surface area contributed by atoms with Crippen LogP contribution in [0.4, 0.5) is 11.4 Å².